The molecule has 0 amide bonds. The topological polar surface area (TPSA) is 88.1 Å². The third-order valence-corrected chi connectivity index (χ3v) is 4.49. The summed E-state index contributed by atoms with van der Waals surface area (Å²) in [5.74, 6) is -0.451. The van der Waals surface area contributed by atoms with Crippen molar-refractivity contribution in [3.8, 4) is 6.07 Å². The molecular formula is C15H14BrN3O2S. The first-order chi connectivity index (χ1) is 10.6. The standard InChI is InChI=1S/C15H14BrN3O2S/c1-2-21-15(20)13-12(11(7-17)14(18)22-13)8-19-10-5-3-9(16)4-6-10/h3-6,19H,2,8,18H2,1H3. The number of rotatable bonds is 5. The molecule has 0 aliphatic heterocycles. The second-order valence-electron chi connectivity index (χ2n) is 4.34. The molecule has 0 atom stereocenters. The van der Waals surface area contributed by atoms with Gasteiger partial charge in [0.15, 0.2) is 0 Å². The predicted octanol–water partition coefficient (Wildman–Crippen LogP) is 3.75. The number of hydrogen-bond donors (Lipinski definition) is 2. The van der Waals surface area contributed by atoms with E-state index in [2.05, 4.69) is 27.3 Å². The van der Waals surface area contributed by atoms with Crippen LogP contribution in [-0.4, -0.2) is 12.6 Å². The third kappa shape index (κ3) is 3.59. The van der Waals surface area contributed by atoms with E-state index >= 15 is 0 Å². The van der Waals surface area contributed by atoms with Gasteiger partial charge in [-0.25, -0.2) is 4.79 Å². The van der Waals surface area contributed by atoms with Gasteiger partial charge in [-0.15, -0.1) is 11.3 Å². The molecule has 0 bridgehead atoms. The summed E-state index contributed by atoms with van der Waals surface area (Å²) in [6, 6.07) is 9.66. The molecule has 1 heterocycles. The van der Waals surface area contributed by atoms with Gasteiger partial charge in [0.1, 0.15) is 15.9 Å². The summed E-state index contributed by atoms with van der Waals surface area (Å²) in [5, 5.41) is 12.8. The minimum absolute atomic E-state index is 0.276. The van der Waals surface area contributed by atoms with E-state index in [0.29, 0.717) is 27.5 Å². The van der Waals surface area contributed by atoms with Crippen molar-refractivity contribution >= 4 is 43.9 Å². The van der Waals surface area contributed by atoms with Crippen LogP contribution < -0.4 is 11.1 Å². The molecule has 0 unspecified atom stereocenters. The summed E-state index contributed by atoms with van der Waals surface area (Å²) in [6.07, 6.45) is 0. The minimum Gasteiger partial charge on any atom is -0.462 e. The lowest BCUT2D eigenvalue weighted by Crippen LogP contribution is -2.09. The highest BCUT2D eigenvalue weighted by Gasteiger charge is 2.22. The predicted molar refractivity (Wildman–Crippen MR) is 90.9 cm³/mol. The zero-order chi connectivity index (χ0) is 16.1. The van der Waals surface area contributed by atoms with E-state index in [1.807, 2.05) is 24.3 Å². The average molecular weight is 380 g/mol. The summed E-state index contributed by atoms with van der Waals surface area (Å²) < 4.78 is 6.00. The summed E-state index contributed by atoms with van der Waals surface area (Å²) in [5.41, 5.74) is 7.62. The molecule has 2 aromatic rings. The van der Waals surface area contributed by atoms with Crippen LogP contribution >= 0.6 is 27.3 Å². The molecule has 114 valence electrons. The van der Waals surface area contributed by atoms with Crippen LogP contribution in [0.25, 0.3) is 0 Å². The number of benzene rings is 1. The van der Waals surface area contributed by atoms with Crippen molar-refractivity contribution in [3.05, 3.63) is 44.7 Å². The Hall–Kier alpha value is -2.04. The maximum atomic E-state index is 12.0. The minimum atomic E-state index is -0.451. The van der Waals surface area contributed by atoms with E-state index in [9.17, 15) is 10.1 Å². The number of nitriles is 1. The SMILES string of the molecule is CCOC(=O)c1sc(N)c(C#N)c1CNc1ccc(Br)cc1. The van der Waals surface area contributed by atoms with Gasteiger partial charge < -0.3 is 15.8 Å². The van der Waals surface area contributed by atoms with Crippen molar-refractivity contribution in [3.63, 3.8) is 0 Å². The van der Waals surface area contributed by atoms with Gasteiger partial charge in [-0.2, -0.15) is 5.26 Å². The van der Waals surface area contributed by atoms with Gasteiger partial charge in [-0.1, -0.05) is 15.9 Å². The zero-order valence-corrected chi connectivity index (χ0v) is 14.3. The second-order valence-corrected chi connectivity index (χ2v) is 6.31. The lowest BCUT2D eigenvalue weighted by atomic mass is 10.1. The number of nitrogens with one attached hydrogen (secondary N) is 1. The fourth-order valence-corrected chi connectivity index (χ4v) is 3.09. The molecule has 0 fully saturated rings. The highest BCUT2D eigenvalue weighted by Crippen LogP contribution is 2.32. The first-order valence-electron chi connectivity index (χ1n) is 6.54. The number of hydrogen-bond acceptors (Lipinski definition) is 6. The highest BCUT2D eigenvalue weighted by molar-refractivity contribution is 9.10. The summed E-state index contributed by atoms with van der Waals surface area (Å²) in [6.45, 7) is 2.34. The van der Waals surface area contributed by atoms with E-state index in [0.717, 1.165) is 21.5 Å². The van der Waals surface area contributed by atoms with Crippen molar-refractivity contribution in [1.82, 2.24) is 0 Å². The Morgan fingerprint density at radius 3 is 2.73 bits per heavy atom. The first kappa shape index (κ1) is 16.3. The lowest BCUT2D eigenvalue weighted by molar-refractivity contribution is 0.0531. The quantitative estimate of drug-likeness (QED) is 0.772. The number of thiophene rings is 1. The molecule has 0 aliphatic rings. The van der Waals surface area contributed by atoms with Crippen LogP contribution in [0.4, 0.5) is 10.7 Å². The average Bonchev–Trinajstić information content (AvgIpc) is 2.83. The van der Waals surface area contributed by atoms with Gasteiger partial charge in [-0.3, -0.25) is 0 Å². The van der Waals surface area contributed by atoms with Crippen LogP contribution in [0.2, 0.25) is 0 Å². The smallest absolute Gasteiger partial charge is 0.348 e. The molecule has 3 N–H and O–H groups in total. The van der Waals surface area contributed by atoms with Gasteiger partial charge >= 0.3 is 5.97 Å². The molecule has 0 saturated heterocycles. The van der Waals surface area contributed by atoms with Crippen LogP contribution in [0.3, 0.4) is 0 Å². The van der Waals surface area contributed by atoms with E-state index < -0.39 is 5.97 Å². The maximum absolute atomic E-state index is 12.0. The number of halogens is 1. The van der Waals surface area contributed by atoms with Gasteiger partial charge in [0.05, 0.1) is 12.2 Å². The van der Waals surface area contributed by atoms with Crippen molar-refractivity contribution in [1.29, 1.82) is 5.26 Å². The molecule has 0 aliphatic carbocycles. The Kier molecular flexibility index (Phi) is 5.41. The highest BCUT2D eigenvalue weighted by atomic mass is 79.9. The molecule has 0 spiro atoms. The van der Waals surface area contributed by atoms with Gasteiger partial charge in [-0.05, 0) is 31.2 Å². The van der Waals surface area contributed by atoms with E-state index in [-0.39, 0.29) is 6.61 Å². The molecule has 22 heavy (non-hydrogen) atoms. The second kappa shape index (κ2) is 7.29. The molecule has 7 heteroatoms. The molecule has 0 radical (unpaired) electrons. The monoisotopic (exact) mass is 379 g/mol. The normalized spacial score (nSPS) is 10.0. The van der Waals surface area contributed by atoms with Crippen molar-refractivity contribution < 1.29 is 9.53 Å². The van der Waals surface area contributed by atoms with Crippen molar-refractivity contribution in [2.24, 2.45) is 0 Å². The van der Waals surface area contributed by atoms with Crippen LogP contribution in [-0.2, 0) is 11.3 Å². The lowest BCUT2D eigenvalue weighted by Gasteiger charge is -2.08. The Bertz CT molecular complexity index is 720. The van der Waals surface area contributed by atoms with E-state index in [1.54, 1.807) is 6.92 Å². The first-order valence-corrected chi connectivity index (χ1v) is 8.15. The van der Waals surface area contributed by atoms with Crippen molar-refractivity contribution in [2.75, 3.05) is 17.7 Å². The fourth-order valence-electron chi connectivity index (χ4n) is 1.90. The molecule has 1 aromatic heterocycles. The number of nitrogens with two attached hydrogens (primary N) is 1. The molecule has 2 rings (SSSR count). The number of nitrogen functional groups attached to an aromatic ring is 1. The number of carbonyl (C=O) groups excluding carboxylic acids is 1. The Labute approximate surface area is 140 Å². The number of carbonyl (C=O) groups is 1. The Balaban J connectivity index is 2.26. The number of esters is 1. The Morgan fingerprint density at radius 2 is 2.14 bits per heavy atom. The van der Waals surface area contributed by atoms with Crippen LogP contribution in [0.5, 0.6) is 0 Å². The van der Waals surface area contributed by atoms with Crippen LogP contribution in [0.15, 0.2) is 28.7 Å². The van der Waals surface area contributed by atoms with E-state index in [1.165, 1.54) is 0 Å². The third-order valence-electron chi connectivity index (χ3n) is 2.92. The summed E-state index contributed by atoms with van der Waals surface area (Å²) in [7, 11) is 0. The number of ether oxygens (including phenoxy) is 1. The summed E-state index contributed by atoms with van der Waals surface area (Å²) >= 11 is 4.45. The van der Waals surface area contributed by atoms with E-state index in [4.69, 9.17) is 10.5 Å². The van der Waals surface area contributed by atoms with Crippen molar-refractivity contribution in [2.45, 2.75) is 13.5 Å². The van der Waals surface area contributed by atoms with Gasteiger partial charge in [0, 0.05) is 22.3 Å². The molecule has 0 saturated carbocycles. The Morgan fingerprint density at radius 1 is 1.45 bits per heavy atom. The molecular weight excluding hydrogens is 366 g/mol. The largest absolute Gasteiger partial charge is 0.462 e. The number of nitrogens with zero attached hydrogens (tertiary/aromatic N) is 1. The van der Waals surface area contributed by atoms with Gasteiger partial charge in [0.2, 0.25) is 0 Å². The fraction of sp³-hybridized carbons (Fsp3) is 0.200. The molecule has 1 aromatic carbocycles. The van der Waals surface area contributed by atoms with Crippen LogP contribution in [0, 0.1) is 11.3 Å². The summed E-state index contributed by atoms with van der Waals surface area (Å²) in [4.78, 5) is 12.4. The van der Waals surface area contributed by atoms with Gasteiger partial charge in [0.25, 0.3) is 0 Å². The number of anilines is 2. The van der Waals surface area contributed by atoms with Crippen LogP contribution in [0.1, 0.15) is 27.7 Å². The molecule has 5 nitrogen and oxygen atoms in total. The maximum Gasteiger partial charge on any atom is 0.348 e. The zero-order valence-electron chi connectivity index (χ0n) is 11.9.